The van der Waals surface area contributed by atoms with Crippen molar-refractivity contribution in [2.45, 2.75) is 26.2 Å². The highest BCUT2D eigenvalue weighted by molar-refractivity contribution is 5.52. The van der Waals surface area contributed by atoms with E-state index in [1.54, 1.807) is 0 Å². The zero-order valence-electron chi connectivity index (χ0n) is 6.89. The molecule has 0 saturated carbocycles. The van der Waals surface area contributed by atoms with E-state index < -0.39 is 0 Å². The van der Waals surface area contributed by atoms with E-state index in [0.29, 0.717) is 0 Å². The maximum absolute atomic E-state index is 10.2. The number of hydrogen-bond acceptors (Lipinski definition) is 2. The fourth-order valence-electron chi connectivity index (χ4n) is 0.836. The number of carbonyl (C=O) groups is 1. The van der Waals surface area contributed by atoms with Gasteiger partial charge in [0.15, 0.2) is 0 Å². The van der Waals surface area contributed by atoms with Gasteiger partial charge in [0.2, 0.25) is 0 Å². The lowest BCUT2D eigenvalue weighted by molar-refractivity contribution is -0.110. The van der Waals surface area contributed by atoms with Crippen LogP contribution in [-0.4, -0.2) is 19.9 Å². The van der Waals surface area contributed by atoms with E-state index in [1.807, 2.05) is 14.0 Å². The third-order valence-corrected chi connectivity index (χ3v) is 1.57. The lowest BCUT2D eigenvalue weighted by Crippen LogP contribution is -2.07. The van der Waals surface area contributed by atoms with Crippen molar-refractivity contribution < 1.29 is 4.79 Å². The summed E-state index contributed by atoms with van der Waals surface area (Å²) in [5, 5.41) is 3.07. The number of aldehydes is 1. The molecule has 0 rings (SSSR count). The van der Waals surface area contributed by atoms with E-state index in [4.69, 9.17) is 0 Å². The van der Waals surface area contributed by atoms with Crippen LogP contribution < -0.4 is 5.32 Å². The van der Waals surface area contributed by atoms with Crippen molar-refractivity contribution in [2.75, 3.05) is 13.6 Å². The molecule has 1 unspecified atom stereocenters. The van der Waals surface area contributed by atoms with Crippen molar-refractivity contribution in [3.05, 3.63) is 0 Å². The van der Waals surface area contributed by atoms with Crippen LogP contribution in [0, 0.1) is 5.92 Å². The van der Waals surface area contributed by atoms with Gasteiger partial charge in [-0.05, 0) is 26.4 Å². The first-order valence-corrected chi connectivity index (χ1v) is 3.91. The maximum Gasteiger partial charge on any atom is 0.122 e. The molecule has 0 saturated heterocycles. The molecule has 0 aliphatic carbocycles. The standard InChI is InChI=1S/C8H17NO/c1-8(7-10)5-3-4-6-9-2/h7-9H,3-6H2,1-2H3. The van der Waals surface area contributed by atoms with E-state index >= 15 is 0 Å². The van der Waals surface area contributed by atoms with Gasteiger partial charge in [0, 0.05) is 5.92 Å². The van der Waals surface area contributed by atoms with Gasteiger partial charge in [-0.1, -0.05) is 13.3 Å². The third-order valence-electron chi connectivity index (χ3n) is 1.57. The number of nitrogens with one attached hydrogen (secondary N) is 1. The molecule has 0 heterocycles. The highest BCUT2D eigenvalue weighted by Crippen LogP contribution is 2.03. The minimum Gasteiger partial charge on any atom is -0.320 e. The average molecular weight is 143 g/mol. The Labute approximate surface area is 63.0 Å². The Balaban J connectivity index is 2.95. The first kappa shape index (κ1) is 9.63. The molecule has 0 aliphatic rings. The lowest BCUT2D eigenvalue weighted by atomic mass is 10.1. The molecule has 1 N–H and O–H groups in total. The van der Waals surface area contributed by atoms with Gasteiger partial charge in [0.25, 0.3) is 0 Å². The van der Waals surface area contributed by atoms with Gasteiger partial charge in [0.05, 0.1) is 0 Å². The molecular formula is C8H17NO. The van der Waals surface area contributed by atoms with E-state index in [1.165, 1.54) is 6.42 Å². The highest BCUT2D eigenvalue weighted by Gasteiger charge is 1.97. The van der Waals surface area contributed by atoms with Gasteiger partial charge in [-0.15, -0.1) is 0 Å². The zero-order chi connectivity index (χ0) is 7.82. The number of rotatable bonds is 6. The molecule has 0 bridgehead atoms. The Hall–Kier alpha value is -0.370. The fraction of sp³-hybridized carbons (Fsp3) is 0.875. The average Bonchev–Trinajstić information content (AvgIpc) is 1.98. The third kappa shape index (κ3) is 5.76. The summed E-state index contributed by atoms with van der Waals surface area (Å²) < 4.78 is 0. The van der Waals surface area contributed by atoms with E-state index in [-0.39, 0.29) is 5.92 Å². The normalized spacial score (nSPS) is 13.0. The van der Waals surface area contributed by atoms with Crippen LogP contribution in [0.4, 0.5) is 0 Å². The summed E-state index contributed by atoms with van der Waals surface area (Å²) in [7, 11) is 1.95. The van der Waals surface area contributed by atoms with Crippen LogP contribution in [0.2, 0.25) is 0 Å². The molecular weight excluding hydrogens is 126 g/mol. The van der Waals surface area contributed by atoms with E-state index in [2.05, 4.69) is 5.32 Å². The van der Waals surface area contributed by atoms with Gasteiger partial charge in [-0.2, -0.15) is 0 Å². The Morgan fingerprint density at radius 3 is 2.70 bits per heavy atom. The summed E-state index contributed by atoms with van der Waals surface area (Å²) in [6.45, 7) is 3.03. The van der Waals surface area contributed by atoms with Crippen molar-refractivity contribution in [3.8, 4) is 0 Å². The molecule has 0 aliphatic heterocycles. The summed E-state index contributed by atoms with van der Waals surface area (Å²) in [5.74, 6) is 0.247. The molecule has 0 aromatic heterocycles. The molecule has 0 fully saturated rings. The van der Waals surface area contributed by atoms with Crippen LogP contribution in [0.5, 0.6) is 0 Å². The quantitative estimate of drug-likeness (QED) is 0.447. The molecule has 0 aromatic rings. The lowest BCUT2D eigenvalue weighted by Gasteiger charge is -2.01. The SMILES string of the molecule is CNCCCCC(C)C=O. The maximum atomic E-state index is 10.2. The summed E-state index contributed by atoms with van der Waals surface area (Å²) in [6.07, 6.45) is 4.39. The van der Waals surface area contributed by atoms with Crippen LogP contribution in [-0.2, 0) is 4.79 Å². The molecule has 0 aromatic carbocycles. The summed E-state index contributed by atoms with van der Waals surface area (Å²) in [6, 6.07) is 0. The van der Waals surface area contributed by atoms with Gasteiger partial charge in [-0.25, -0.2) is 0 Å². The van der Waals surface area contributed by atoms with E-state index in [9.17, 15) is 4.79 Å². The Morgan fingerprint density at radius 2 is 2.20 bits per heavy atom. The summed E-state index contributed by atoms with van der Waals surface area (Å²) in [5.41, 5.74) is 0. The number of unbranched alkanes of at least 4 members (excludes halogenated alkanes) is 1. The van der Waals surface area contributed by atoms with Crippen molar-refractivity contribution in [1.82, 2.24) is 5.32 Å². The molecule has 2 heteroatoms. The molecule has 0 amide bonds. The summed E-state index contributed by atoms with van der Waals surface area (Å²) in [4.78, 5) is 10.2. The summed E-state index contributed by atoms with van der Waals surface area (Å²) >= 11 is 0. The Morgan fingerprint density at radius 1 is 1.50 bits per heavy atom. The molecule has 1 atom stereocenters. The fourth-order valence-corrected chi connectivity index (χ4v) is 0.836. The van der Waals surface area contributed by atoms with Crippen molar-refractivity contribution >= 4 is 6.29 Å². The van der Waals surface area contributed by atoms with Crippen LogP contribution in [0.25, 0.3) is 0 Å². The monoisotopic (exact) mass is 143 g/mol. The minimum absolute atomic E-state index is 0.247. The molecule has 10 heavy (non-hydrogen) atoms. The minimum atomic E-state index is 0.247. The number of hydrogen-bond donors (Lipinski definition) is 1. The topological polar surface area (TPSA) is 29.1 Å². The first-order chi connectivity index (χ1) is 4.81. The second-order valence-electron chi connectivity index (χ2n) is 2.71. The molecule has 0 spiro atoms. The highest BCUT2D eigenvalue weighted by atomic mass is 16.1. The van der Waals surface area contributed by atoms with Crippen molar-refractivity contribution in [1.29, 1.82) is 0 Å². The van der Waals surface area contributed by atoms with Crippen LogP contribution in [0.15, 0.2) is 0 Å². The molecule has 0 radical (unpaired) electrons. The Bertz CT molecular complexity index is 83.3. The number of carbonyl (C=O) groups excluding carboxylic acids is 1. The smallest absolute Gasteiger partial charge is 0.122 e. The van der Waals surface area contributed by atoms with Crippen LogP contribution >= 0.6 is 0 Å². The Kier molecular flexibility index (Phi) is 6.50. The molecule has 60 valence electrons. The van der Waals surface area contributed by atoms with Crippen LogP contribution in [0.1, 0.15) is 26.2 Å². The second-order valence-corrected chi connectivity index (χ2v) is 2.71. The second kappa shape index (κ2) is 6.75. The first-order valence-electron chi connectivity index (χ1n) is 3.91. The largest absolute Gasteiger partial charge is 0.320 e. The van der Waals surface area contributed by atoms with Gasteiger partial charge in [-0.3, -0.25) is 0 Å². The predicted molar refractivity (Wildman–Crippen MR) is 43.0 cm³/mol. The van der Waals surface area contributed by atoms with Crippen LogP contribution in [0.3, 0.4) is 0 Å². The zero-order valence-corrected chi connectivity index (χ0v) is 6.89. The van der Waals surface area contributed by atoms with Crippen molar-refractivity contribution in [3.63, 3.8) is 0 Å². The molecule has 2 nitrogen and oxygen atoms in total. The van der Waals surface area contributed by atoms with Gasteiger partial charge >= 0.3 is 0 Å². The van der Waals surface area contributed by atoms with Crippen molar-refractivity contribution in [2.24, 2.45) is 5.92 Å². The van der Waals surface area contributed by atoms with Gasteiger partial charge < -0.3 is 10.1 Å². The van der Waals surface area contributed by atoms with Gasteiger partial charge in [0.1, 0.15) is 6.29 Å². The predicted octanol–water partition coefficient (Wildman–Crippen LogP) is 1.21. The van der Waals surface area contributed by atoms with E-state index in [0.717, 1.165) is 25.7 Å².